The Morgan fingerprint density at radius 3 is 2.52 bits per heavy atom. The van der Waals surface area contributed by atoms with Crippen LogP contribution in [0.15, 0.2) is 33.5 Å². The van der Waals surface area contributed by atoms with E-state index in [9.17, 15) is 22.2 Å². The molecule has 1 rings (SSSR count). The number of nitrogens with two attached hydrogens (primary N) is 2. The second-order valence-electron chi connectivity index (χ2n) is 5.26. The quantitative estimate of drug-likeness (QED) is 0.846. The van der Waals surface area contributed by atoms with Crippen LogP contribution in [-0.2, 0) is 14.7 Å². The molecule has 0 aromatic heterocycles. The SMILES string of the molecule is CC(C)C[C@H](N)C(=O)N=S(N)(=O)c1cccc(OC(F)(F)F)c1. The normalized spacial score (nSPS) is 15.8. The smallest absolute Gasteiger partial charge is 0.406 e. The molecule has 1 aromatic carbocycles. The molecule has 0 saturated heterocycles. The van der Waals surface area contributed by atoms with Gasteiger partial charge in [0.25, 0.3) is 5.91 Å². The van der Waals surface area contributed by atoms with Crippen LogP contribution in [0.5, 0.6) is 5.75 Å². The fourth-order valence-corrected chi connectivity index (χ4v) is 2.78. The standard InChI is InChI=1S/C13H18F3N3O3S/c1-8(2)6-11(17)12(20)19-23(18,21)10-5-3-4-9(7-10)22-13(14,15)16/h3-5,7-8,11H,6,17H2,1-2H3,(H2,18,19,20,21)/t11-,23?/m0/s1. The van der Waals surface area contributed by atoms with Crippen molar-refractivity contribution in [1.82, 2.24) is 0 Å². The van der Waals surface area contributed by atoms with Crippen LogP contribution in [0, 0.1) is 5.92 Å². The molecule has 0 bridgehead atoms. The van der Waals surface area contributed by atoms with E-state index in [0.29, 0.717) is 6.42 Å². The van der Waals surface area contributed by atoms with Crippen molar-refractivity contribution in [3.05, 3.63) is 24.3 Å². The summed E-state index contributed by atoms with van der Waals surface area (Å²) in [4.78, 5) is 11.6. The maximum atomic E-state index is 12.3. The Morgan fingerprint density at radius 2 is 2.00 bits per heavy atom. The Morgan fingerprint density at radius 1 is 1.39 bits per heavy atom. The Bertz CT molecular complexity index is 683. The number of halogens is 3. The third-order valence-corrected chi connectivity index (χ3v) is 4.03. The average Bonchev–Trinajstić information content (AvgIpc) is 2.35. The van der Waals surface area contributed by atoms with Crippen molar-refractivity contribution in [2.75, 3.05) is 0 Å². The monoisotopic (exact) mass is 353 g/mol. The average molecular weight is 353 g/mol. The summed E-state index contributed by atoms with van der Waals surface area (Å²) in [6.45, 7) is 3.68. The van der Waals surface area contributed by atoms with Gasteiger partial charge in [-0.3, -0.25) is 4.79 Å². The van der Waals surface area contributed by atoms with Crippen molar-refractivity contribution >= 4 is 15.8 Å². The molecule has 0 aliphatic heterocycles. The first kappa shape index (κ1) is 19.4. The highest BCUT2D eigenvalue weighted by atomic mass is 32.2. The van der Waals surface area contributed by atoms with Gasteiger partial charge in [-0.15, -0.1) is 17.5 Å². The van der Waals surface area contributed by atoms with Crippen molar-refractivity contribution in [2.45, 2.75) is 37.6 Å². The van der Waals surface area contributed by atoms with E-state index >= 15 is 0 Å². The number of rotatable bonds is 5. The summed E-state index contributed by atoms with van der Waals surface area (Å²) in [6.07, 6.45) is -4.59. The Balaban J connectivity index is 3.08. The molecule has 1 aromatic rings. The lowest BCUT2D eigenvalue weighted by Gasteiger charge is -2.12. The number of nitrogens with zero attached hydrogens (tertiary/aromatic N) is 1. The van der Waals surface area contributed by atoms with Gasteiger partial charge in [-0.25, -0.2) is 9.35 Å². The molecule has 10 heteroatoms. The highest BCUT2D eigenvalue weighted by Crippen LogP contribution is 2.25. The Kier molecular flexibility index (Phi) is 6.14. The van der Waals surface area contributed by atoms with E-state index in [2.05, 4.69) is 9.10 Å². The molecule has 1 amide bonds. The second kappa shape index (κ2) is 7.28. The molecule has 130 valence electrons. The molecule has 1 unspecified atom stereocenters. The summed E-state index contributed by atoms with van der Waals surface area (Å²) in [5.41, 5.74) is 5.62. The fourth-order valence-electron chi connectivity index (χ4n) is 1.72. The van der Waals surface area contributed by atoms with Gasteiger partial charge in [-0.05, 0) is 30.5 Å². The van der Waals surface area contributed by atoms with Gasteiger partial charge in [0, 0.05) is 0 Å². The van der Waals surface area contributed by atoms with E-state index < -0.39 is 34.0 Å². The molecular weight excluding hydrogens is 335 g/mol. The lowest BCUT2D eigenvalue weighted by Crippen LogP contribution is -2.32. The van der Waals surface area contributed by atoms with Crippen molar-refractivity contribution in [3.8, 4) is 5.75 Å². The zero-order chi connectivity index (χ0) is 17.8. The number of hydrogen-bond acceptors (Lipinski definition) is 4. The van der Waals surface area contributed by atoms with Crippen LogP contribution in [0.25, 0.3) is 0 Å². The van der Waals surface area contributed by atoms with Gasteiger partial charge < -0.3 is 10.5 Å². The molecular formula is C13H18F3N3O3S. The number of ether oxygens (including phenoxy) is 1. The van der Waals surface area contributed by atoms with Crippen LogP contribution in [0.1, 0.15) is 20.3 Å². The lowest BCUT2D eigenvalue weighted by atomic mass is 10.0. The van der Waals surface area contributed by atoms with Crippen LogP contribution < -0.4 is 15.6 Å². The van der Waals surface area contributed by atoms with Crippen molar-refractivity contribution in [2.24, 2.45) is 21.2 Å². The van der Waals surface area contributed by atoms with Crippen LogP contribution in [0.2, 0.25) is 0 Å². The molecule has 0 radical (unpaired) electrons. The van der Waals surface area contributed by atoms with E-state index in [1.165, 1.54) is 6.07 Å². The molecule has 0 aliphatic rings. The van der Waals surface area contributed by atoms with E-state index in [1.807, 2.05) is 13.8 Å². The van der Waals surface area contributed by atoms with E-state index in [4.69, 9.17) is 10.9 Å². The first-order chi connectivity index (χ1) is 10.4. The van der Waals surface area contributed by atoms with Gasteiger partial charge in [-0.1, -0.05) is 19.9 Å². The highest BCUT2D eigenvalue weighted by molar-refractivity contribution is 7.91. The zero-order valence-corrected chi connectivity index (χ0v) is 13.4. The van der Waals surface area contributed by atoms with Gasteiger partial charge in [-0.2, -0.15) is 0 Å². The molecule has 0 spiro atoms. The molecule has 23 heavy (non-hydrogen) atoms. The number of carbonyl (C=O) groups excluding carboxylic acids is 1. The summed E-state index contributed by atoms with van der Waals surface area (Å²) >= 11 is 0. The summed E-state index contributed by atoms with van der Waals surface area (Å²) in [5.74, 6) is -1.36. The molecule has 6 nitrogen and oxygen atoms in total. The van der Waals surface area contributed by atoms with Gasteiger partial charge in [0.2, 0.25) is 0 Å². The summed E-state index contributed by atoms with van der Waals surface area (Å²) in [6, 6.07) is 3.21. The van der Waals surface area contributed by atoms with Crippen molar-refractivity contribution in [3.63, 3.8) is 0 Å². The number of hydrogen-bond donors (Lipinski definition) is 2. The summed E-state index contributed by atoms with van der Waals surface area (Å²) in [7, 11) is -3.72. The molecule has 4 N–H and O–H groups in total. The lowest BCUT2D eigenvalue weighted by molar-refractivity contribution is -0.274. The van der Waals surface area contributed by atoms with Crippen molar-refractivity contribution in [1.29, 1.82) is 0 Å². The molecule has 0 heterocycles. The second-order valence-corrected chi connectivity index (χ2v) is 7.05. The largest absolute Gasteiger partial charge is 0.573 e. The minimum absolute atomic E-state index is 0.112. The minimum Gasteiger partial charge on any atom is -0.406 e. The van der Waals surface area contributed by atoms with E-state index in [1.54, 1.807) is 0 Å². The topological polar surface area (TPSA) is 108 Å². The number of amides is 1. The summed E-state index contributed by atoms with van der Waals surface area (Å²) < 4.78 is 56.0. The maximum Gasteiger partial charge on any atom is 0.573 e. The van der Waals surface area contributed by atoms with Gasteiger partial charge in [0.05, 0.1) is 10.9 Å². The van der Waals surface area contributed by atoms with Crippen LogP contribution in [-0.4, -0.2) is 22.5 Å². The van der Waals surface area contributed by atoms with Crippen molar-refractivity contribution < 1.29 is 26.9 Å². The molecule has 0 saturated carbocycles. The number of carbonyl (C=O) groups is 1. The fraction of sp³-hybridized carbons (Fsp3) is 0.462. The number of alkyl halides is 3. The first-order valence-electron chi connectivity index (χ1n) is 6.61. The summed E-state index contributed by atoms with van der Waals surface area (Å²) in [5, 5.41) is 5.49. The maximum absolute atomic E-state index is 12.3. The van der Waals surface area contributed by atoms with Crippen LogP contribution in [0.3, 0.4) is 0 Å². The third-order valence-electron chi connectivity index (χ3n) is 2.64. The molecule has 2 atom stereocenters. The predicted molar refractivity (Wildman–Crippen MR) is 78.6 cm³/mol. The minimum atomic E-state index is -4.90. The highest BCUT2D eigenvalue weighted by Gasteiger charge is 2.31. The van der Waals surface area contributed by atoms with Gasteiger partial charge in [0.1, 0.15) is 15.7 Å². The molecule has 0 aliphatic carbocycles. The van der Waals surface area contributed by atoms with Gasteiger partial charge >= 0.3 is 6.36 Å². The molecule has 0 fully saturated rings. The Hall–Kier alpha value is -1.65. The zero-order valence-electron chi connectivity index (χ0n) is 12.5. The third kappa shape index (κ3) is 6.55. The van der Waals surface area contributed by atoms with Crippen LogP contribution in [0.4, 0.5) is 13.2 Å². The van der Waals surface area contributed by atoms with Crippen LogP contribution >= 0.6 is 0 Å². The van der Waals surface area contributed by atoms with E-state index in [-0.39, 0.29) is 10.8 Å². The first-order valence-corrected chi connectivity index (χ1v) is 8.18. The number of benzene rings is 1. The predicted octanol–water partition coefficient (Wildman–Crippen LogP) is 2.19. The Labute approximate surface area is 132 Å². The van der Waals surface area contributed by atoms with Gasteiger partial charge in [0.15, 0.2) is 0 Å². The van der Waals surface area contributed by atoms with E-state index in [0.717, 1.165) is 18.2 Å².